The van der Waals surface area contributed by atoms with Gasteiger partial charge in [-0.05, 0) is 34.4 Å². The Balaban J connectivity index is 1.55. The number of carbonyl (C=O) groups excluding carboxylic acids is 1. The fourth-order valence-corrected chi connectivity index (χ4v) is 4.19. The number of nitrogens with one attached hydrogen (secondary N) is 1. The smallest absolute Gasteiger partial charge is 0.270 e. The summed E-state index contributed by atoms with van der Waals surface area (Å²) in [6, 6.07) is 29.9. The Kier molecular flexibility index (Phi) is 6.80. The molecule has 178 valence electrons. The van der Waals surface area contributed by atoms with Gasteiger partial charge >= 0.3 is 0 Å². The van der Waals surface area contributed by atoms with Crippen molar-refractivity contribution in [3.8, 4) is 22.4 Å². The SMILES string of the molecule is NCc1ccc(CNC(=O)c2nccc3nc(-c4ccc(CN)cc4)c(-c4ccccc4)cc23)cc1. The summed E-state index contributed by atoms with van der Waals surface area (Å²) in [6.07, 6.45) is 1.63. The molecule has 0 saturated heterocycles. The van der Waals surface area contributed by atoms with Gasteiger partial charge in [-0.2, -0.15) is 0 Å². The van der Waals surface area contributed by atoms with Gasteiger partial charge in [0.05, 0.1) is 11.2 Å². The van der Waals surface area contributed by atoms with Crippen molar-refractivity contribution in [3.05, 3.63) is 120 Å². The Morgan fingerprint density at radius 1 is 0.750 bits per heavy atom. The largest absolute Gasteiger partial charge is 0.347 e. The number of rotatable bonds is 7. The van der Waals surface area contributed by atoms with E-state index in [0.717, 1.165) is 39.1 Å². The van der Waals surface area contributed by atoms with Gasteiger partial charge in [0.15, 0.2) is 0 Å². The molecule has 0 atom stereocenters. The van der Waals surface area contributed by atoms with Crippen molar-refractivity contribution in [3.63, 3.8) is 0 Å². The van der Waals surface area contributed by atoms with E-state index in [1.165, 1.54) is 0 Å². The molecule has 0 aliphatic rings. The van der Waals surface area contributed by atoms with Gasteiger partial charge < -0.3 is 16.8 Å². The van der Waals surface area contributed by atoms with Gasteiger partial charge in [0.2, 0.25) is 0 Å². The molecule has 0 aliphatic carbocycles. The number of carbonyl (C=O) groups is 1. The highest BCUT2D eigenvalue weighted by atomic mass is 16.1. The normalized spacial score (nSPS) is 10.9. The molecule has 0 fully saturated rings. The predicted octanol–water partition coefficient (Wildman–Crippen LogP) is 4.81. The lowest BCUT2D eigenvalue weighted by Gasteiger charge is -2.14. The zero-order chi connectivity index (χ0) is 24.9. The van der Waals surface area contributed by atoms with Crippen LogP contribution in [0.1, 0.15) is 27.2 Å². The molecule has 36 heavy (non-hydrogen) atoms. The number of fused-ring (bicyclic) bond motifs is 1. The molecule has 0 spiro atoms. The second-order valence-corrected chi connectivity index (χ2v) is 8.58. The number of hydrogen-bond donors (Lipinski definition) is 3. The highest BCUT2D eigenvalue weighted by molar-refractivity contribution is 6.06. The Hall–Kier alpha value is -4.39. The fourth-order valence-electron chi connectivity index (χ4n) is 4.19. The molecule has 6 heteroatoms. The van der Waals surface area contributed by atoms with Crippen molar-refractivity contribution in [1.29, 1.82) is 0 Å². The molecule has 3 aromatic carbocycles. The maximum atomic E-state index is 13.2. The van der Waals surface area contributed by atoms with E-state index in [4.69, 9.17) is 16.5 Å². The van der Waals surface area contributed by atoms with Crippen LogP contribution in [0.4, 0.5) is 0 Å². The Labute approximate surface area is 210 Å². The van der Waals surface area contributed by atoms with Crippen molar-refractivity contribution < 1.29 is 4.79 Å². The summed E-state index contributed by atoms with van der Waals surface area (Å²) in [5.74, 6) is -0.246. The molecule has 5 aromatic rings. The summed E-state index contributed by atoms with van der Waals surface area (Å²) in [6.45, 7) is 1.37. The summed E-state index contributed by atoms with van der Waals surface area (Å²) in [4.78, 5) is 22.6. The molecule has 0 radical (unpaired) electrons. The van der Waals surface area contributed by atoms with Crippen LogP contribution in [0.5, 0.6) is 0 Å². The van der Waals surface area contributed by atoms with E-state index >= 15 is 0 Å². The highest BCUT2D eigenvalue weighted by Crippen LogP contribution is 2.34. The van der Waals surface area contributed by atoms with E-state index in [9.17, 15) is 4.79 Å². The van der Waals surface area contributed by atoms with E-state index in [2.05, 4.69) is 10.3 Å². The third-order valence-corrected chi connectivity index (χ3v) is 6.22. The van der Waals surface area contributed by atoms with Crippen LogP contribution in [0, 0.1) is 0 Å². The molecule has 2 heterocycles. The predicted molar refractivity (Wildman–Crippen MR) is 144 cm³/mol. The first-order valence-electron chi connectivity index (χ1n) is 11.9. The van der Waals surface area contributed by atoms with Crippen molar-refractivity contribution in [2.24, 2.45) is 11.5 Å². The zero-order valence-electron chi connectivity index (χ0n) is 19.8. The Morgan fingerprint density at radius 2 is 1.39 bits per heavy atom. The van der Waals surface area contributed by atoms with Crippen LogP contribution in [0.2, 0.25) is 0 Å². The van der Waals surface area contributed by atoms with Crippen LogP contribution in [0.15, 0.2) is 97.2 Å². The van der Waals surface area contributed by atoms with E-state index in [0.29, 0.717) is 36.2 Å². The second kappa shape index (κ2) is 10.5. The van der Waals surface area contributed by atoms with Gasteiger partial charge in [0, 0.05) is 42.3 Å². The minimum Gasteiger partial charge on any atom is -0.347 e. The number of hydrogen-bond acceptors (Lipinski definition) is 5. The molecule has 1 amide bonds. The van der Waals surface area contributed by atoms with Gasteiger partial charge in [-0.25, -0.2) is 4.98 Å². The van der Waals surface area contributed by atoms with Gasteiger partial charge in [-0.1, -0.05) is 78.9 Å². The second-order valence-electron chi connectivity index (χ2n) is 8.58. The van der Waals surface area contributed by atoms with Gasteiger partial charge in [0.1, 0.15) is 5.69 Å². The lowest BCUT2D eigenvalue weighted by molar-refractivity contribution is 0.0947. The van der Waals surface area contributed by atoms with E-state index in [1.54, 1.807) is 6.20 Å². The average molecular weight is 474 g/mol. The summed E-state index contributed by atoms with van der Waals surface area (Å²) < 4.78 is 0. The highest BCUT2D eigenvalue weighted by Gasteiger charge is 2.17. The summed E-state index contributed by atoms with van der Waals surface area (Å²) >= 11 is 0. The topological polar surface area (TPSA) is 107 Å². The molecular weight excluding hydrogens is 446 g/mol. The minimum atomic E-state index is -0.246. The first kappa shape index (κ1) is 23.4. The van der Waals surface area contributed by atoms with Gasteiger partial charge in [0.25, 0.3) is 5.91 Å². The summed E-state index contributed by atoms with van der Waals surface area (Å²) in [5, 5.41) is 3.69. The number of benzene rings is 3. The molecule has 0 saturated carbocycles. The van der Waals surface area contributed by atoms with Crippen molar-refractivity contribution in [1.82, 2.24) is 15.3 Å². The third kappa shape index (κ3) is 4.86. The monoisotopic (exact) mass is 473 g/mol. The first-order valence-corrected chi connectivity index (χ1v) is 11.9. The number of pyridine rings is 2. The standard InChI is InChI=1S/C30H27N5O/c31-17-20-6-8-22(9-7-20)19-34-30(36)29-26-16-25(23-4-2-1-3-5-23)28(35-27(26)14-15-33-29)24-12-10-21(18-32)11-13-24/h1-16H,17-19,31-32H2,(H,34,36). The lowest BCUT2D eigenvalue weighted by atomic mass is 9.96. The summed E-state index contributed by atoms with van der Waals surface area (Å²) in [5.41, 5.74) is 19.4. The minimum absolute atomic E-state index is 0.246. The number of nitrogens with zero attached hydrogens (tertiary/aromatic N) is 2. The average Bonchev–Trinajstić information content (AvgIpc) is 2.95. The van der Waals surface area contributed by atoms with E-state index in [-0.39, 0.29) is 5.91 Å². The molecule has 0 aliphatic heterocycles. The Morgan fingerprint density at radius 3 is 2.06 bits per heavy atom. The van der Waals surface area contributed by atoms with Gasteiger partial charge in [-0.3, -0.25) is 9.78 Å². The van der Waals surface area contributed by atoms with Crippen LogP contribution >= 0.6 is 0 Å². The van der Waals surface area contributed by atoms with Crippen LogP contribution in [0.3, 0.4) is 0 Å². The maximum absolute atomic E-state index is 13.2. The van der Waals surface area contributed by atoms with Crippen LogP contribution < -0.4 is 16.8 Å². The number of aromatic nitrogens is 2. The first-order chi connectivity index (χ1) is 17.7. The van der Waals surface area contributed by atoms with Crippen LogP contribution in [-0.4, -0.2) is 15.9 Å². The molecule has 2 aromatic heterocycles. The van der Waals surface area contributed by atoms with Crippen molar-refractivity contribution >= 4 is 16.8 Å². The fraction of sp³-hybridized carbons (Fsp3) is 0.100. The maximum Gasteiger partial charge on any atom is 0.270 e. The van der Waals surface area contributed by atoms with E-state index in [1.807, 2.05) is 91.0 Å². The van der Waals surface area contributed by atoms with Crippen molar-refractivity contribution in [2.45, 2.75) is 19.6 Å². The van der Waals surface area contributed by atoms with Crippen molar-refractivity contribution in [2.75, 3.05) is 0 Å². The van der Waals surface area contributed by atoms with Crippen LogP contribution in [-0.2, 0) is 19.6 Å². The summed E-state index contributed by atoms with van der Waals surface area (Å²) in [7, 11) is 0. The molecule has 6 nitrogen and oxygen atoms in total. The lowest BCUT2D eigenvalue weighted by Crippen LogP contribution is -2.24. The number of nitrogens with two attached hydrogens (primary N) is 2. The van der Waals surface area contributed by atoms with E-state index < -0.39 is 0 Å². The molecule has 0 unspecified atom stereocenters. The third-order valence-electron chi connectivity index (χ3n) is 6.22. The van der Waals surface area contributed by atoms with Crippen LogP contribution in [0.25, 0.3) is 33.3 Å². The zero-order valence-corrected chi connectivity index (χ0v) is 19.8. The number of amides is 1. The molecule has 5 N–H and O–H groups in total. The quantitative estimate of drug-likeness (QED) is 0.314. The Bertz CT molecular complexity index is 1500. The molecule has 0 bridgehead atoms. The van der Waals surface area contributed by atoms with Gasteiger partial charge in [-0.15, -0.1) is 0 Å². The molecule has 5 rings (SSSR count). The molecular formula is C30H27N5O.